The number of halogens is 1. The third kappa shape index (κ3) is 3.45. The van der Waals surface area contributed by atoms with E-state index in [0.29, 0.717) is 0 Å². The van der Waals surface area contributed by atoms with Gasteiger partial charge in [-0.2, -0.15) is 12.6 Å². The van der Waals surface area contributed by atoms with Gasteiger partial charge in [-0.15, -0.1) is 0 Å². The molecule has 0 N–H and O–H groups in total. The molecule has 1 aromatic rings. The summed E-state index contributed by atoms with van der Waals surface area (Å²) in [5.74, 6) is 0.885. The first-order valence-corrected chi connectivity index (χ1v) is 5.28. The molecule has 0 saturated heterocycles. The van der Waals surface area contributed by atoms with E-state index in [-0.39, 0.29) is 0 Å². The molecule has 0 aliphatic heterocycles. The molecule has 0 bridgehead atoms. The summed E-state index contributed by atoms with van der Waals surface area (Å²) in [6.07, 6.45) is 5.17. The van der Waals surface area contributed by atoms with Crippen molar-refractivity contribution in [1.82, 2.24) is 0 Å². The fourth-order valence-corrected chi connectivity index (χ4v) is 1.34. The van der Waals surface area contributed by atoms with Crippen LogP contribution in [0.4, 0.5) is 0 Å². The highest BCUT2D eigenvalue weighted by atomic mass is 35.5. The first-order chi connectivity index (χ1) is 6.24. The van der Waals surface area contributed by atoms with Gasteiger partial charge in [-0.1, -0.05) is 35.9 Å². The highest BCUT2D eigenvalue weighted by Gasteiger charge is 1.93. The molecule has 70 valence electrons. The highest BCUT2D eigenvalue weighted by Crippen LogP contribution is 2.17. The van der Waals surface area contributed by atoms with Gasteiger partial charge in [0.2, 0.25) is 0 Å². The topological polar surface area (TPSA) is 0 Å². The van der Waals surface area contributed by atoms with Crippen LogP contribution in [0.25, 0.3) is 6.08 Å². The van der Waals surface area contributed by atoms with Crippen LogP contribution in [0.1, 0.15) is 17.5 Å². The van der Waals surface area contributed by atoms with Crippen LogP contribution in [0.5, 0.6) is 0 Å². The molecular formula is C11H13ClS. The van der Waals surface area contributed by atoms with Crippen LogP contribution in [0.3, 0.4) is 0 Å². The van der Waals surface area contributed by atoms with Crippen molar-refractivity contribution in [2.24, 2.45) is 0 Å². The molecule has 0 spiro atoms. The maximum atomic E-state index is 5.98. The van der Waals surface area contributed by atoms with Crippen molar-refractivity contribution < 1.29 is 0 Å². The Kier molecular flexibility index (Phi) is 4.40. The van der Waals surface area contributed by atoms with Crippen molar-refractivity contribution in [3.8, 4) is 0 Å². The maximum Gasteiger partial charge on any atom is 0.0441 e. The number of thiol groups is 1. The molecule has 0 aromatic heterocycles. The molecule has 1 aromatic carbocycles. The molecule has 0 unspecified atom stereocenters. The first kappa shape index (κ1) is 10.7. The summed E-state index contributed by atoms with van der Waals surface area (Å²) < 4.78 is 0. The Morgan fingerprint density at radius 1 is 1.46 bits per heavy atom. The van der Waals surface area contributed by atoms with Crippen LogP contribution in [0.2, 0.25) is 5.02 Å². The standard InChI is InChI=1S/C11H13ClS/c1-9-5-6-10(8-11(9)12)4-2-3-7-13/h2,4-6,8,13H,3,7H2,1H3. The van der Waals surface area contributed by atoms with Crippen molar-refractivity contribution in [2.45, 2.75) is 13.3 Å². The molecule has 0 heterocycles. The van der Waals surface area contributed by atoms with E-state index in [2.05, 4.69) is 30.8 Å². The summed E-state index contributed by atoms with van der Waals surface area (Å²) in [5, 5.41) is 0.827. The normalized spacial score (nSPS) is 11.0. The summed E-state index contributed by atoms with van der Waals surface area (Å²) in [6.45, 7) is 2.00. The lowest BCUT2D eigenvalue weighted by molar-refractivity contribution is 1.26. The third-order valence-corrected chi connectivity index (χ3v) is 2.47. The second-order valence-electron chi connectivity index (χ2n) is 2.92. The van der Waals surface area contributed by atoms with E-state index in [4.69, 9.17) is 11.6 Å². The molecule has 13 heavy (non-hydrogen) atoms. The Hall–Kier alpha value is -0.400. The van der Waals surface area contributed by atoms with Crippen molar-refractivity contribution >= 4 is 30.3 Å². The average molecular weight is 213 g/mol. The van der Waals surface area contributed by atoms with Crippen LogP contribution in [0.15, 0.2) is 24.3 Å². The van der Waals surface area contributed by atoms with E-state index in [1.807, 2.05) is 19.1 Å². The summed E-state index contributed by atoms with van der Waals surface area (Å²) in [4.78, 5) is 0. The van der Waals surface area contributed by atoms with Crippen LogP contribution >= 0.6 is 24.2 Å². The van der Waals surface area contributed by atoms with Gasteiger partial charge in [0.05, 0.1) is 0 Å². The lowest BCUT2D eigenvalue weighted by Gasteiger charge is -1.98. The zero-order valence-electron chi connectivity index (χ0n) is 7.63. The van der Waals surface area contributed by atoms with E-state index in [1.165, 1.54) is 0 Å². The fourth-order valence-electron chi connectivity index (χ4n) is 1.01. The molecular weight excluding hydrogens is 200 g/mol. The van der Waals surface area contributed by atoms with Crippen LogP contribution in [-0.4, -0.2) is 5.75 Å². The highest BCUT2D eigenvalue weighted by molar-refractivity contribution is 7.80. The Bertz CT molecular complexity index is 305. The zero-order valence-corrected chi connectivity index (χ0v) is 9.28. The Morgan fingerprint density at radius 2 is 2.23 bits per heavy atom. The molecule has 0 saturated carbocycles. The van der Waals surface area contributed by atoms with Gasteiger partial charge in [-0.25, -0.2) is 0 Å². The zero-order chi connectivity index (χ0) is 9.68. The van der Waals surface area contributed by atoms with E-state index in [0.717, 1.165) is 28.3 Å². The van der Waals surface area contributed by atoms with E-state index >= 15 is 0 Å². The minimum Gasteiger partial charge on any atom is -0.179 e. The Labute approximate surface area is 90.0 Å². The number of hydrogen-bond donors (Lipinski definition) is 1. The first-order valence-electron chi connectivity index (χ1n) is 4.27. The number of benzene rings is 1. The monoisotopic (exact) mass is 212 g/mol. The summed E-state index contributed by atoms with van der Waals surface area (Å²) in [5.41, 5.74) is 2.27. The number of rotatable bonds is 3. The molecule has 1 rings (SSSR count). The molecule has 0 atom stereocenters. The third-order valence-electron chi connectivity index (χ3n) is 1.80. The van der Waals surface area contributed by atoms with Gasteiger partial charge in [0.1, 0.15) is 0 Å². The molecule has 0 fully saturated rings. The van der Waals surface area contributed by atoms with Gasteiger partial charge in [-0.3, -0.25) is 0 Å². The van der Waals surface area contributed by atoms with Crippen LogP contribution in [0, 0.1) is 6.92 Å². The van der Waals surface area contributed by atoms with Gasteiger partial charge in [0.25, 0.3) is 0 Å². The van der Waals surface area contributed by atoms with Crippen LogP contribution in [-0.2, 0) is 0 Å². The quantitative estimate of drug-likeness (QED) is 0.720. The molecule has 2 heteroatoms. The second kappa shape index (κ2) is 5.36. The predicted molar refractivity (Wildman–Crippen MR) is 63.7 cm³/mol. The van der Waals surface area contributed by atoms with Gasteiger partial charge < -0.3 is 0 Å². The number of aryl methyl sites for hydroxylation is 1. The van der Waals surface area contributed by atoms with Crippen LogP contribution < -0.4 is 0 Å². The average Bonchev–Trinajstić information content (AvgIpc) is 2.12. The molecule has 0 aliphatic rings. The van der Waals surface area contributed by atoms with Crippen molar-refractivity contribution in [2.75, 3.05) is 5.75 Å². The maximum absolute atomic E-state index is 5.98. The SMILES string of the molecule is Cc1ccc(C=CCCS)cc1Cl. The fraction of sp³-hybridized carbons (Fsp3) is 0.273. The van der Waals surface area contributed by atoms with E-state index in [9.17, 15) is 0 Å². The number of hydrogen-bond acceptors (Lipinski definition) is 1. The largest absolute Gasteiger partial charge is 0.179 e. The lowest BCUT2D eigenvalue weighted by Crippen LogP contribution is -1.77. The molecule has 0 amide bonds. The molecule has 0 radical (unpaired) electrons. The smallest absolute Gasteiger partial charge is 0.0441 e. The lowest BCUT2D eigenvalue weighted by atomic mass is 10.1. The van der Waals surface area contributed by atoms with Gasteiger partial charge in [0.15, 0.2) is 0 Å². The predicted octanol–water partition coefficient (Wildman–Crippen LogP) is 3.98. The van der Waals surface area contributed by atoms with Gasteiger partial charge in [0, 0.05) is 5.02 Å². The van der Waals surface area contributed by atoms with E-state index < -0.39 is 0 Å². The van der Waals surface area contributed by atoms with Crippen molar-refractivity contribution in [3.63, 3.8) is 0 Å². The Morgan fingerprint density at radius 3 is 2.85 bits per heavy atom. The van der Waals surface area contributed by atoms with E-state index in [1.54, 1.807) is 0 Å². The Balaban J connectivity index is 2.73. The minimum atomic E-state index is 0.827. The van der Waals surface area contributed by atoms with Gasteiger partial charge in [-0.05, 0) is 36.3 Å². The minimum absolute atomic E-state index is 0.827. The van der Waals surface area contributed by atoms with Gasteiger partial charge >= 0.3 is 0 Å². The molecule has 0 aliphatic carbocycles. The summed E-state index contributed by atoms with van der Waals surface area (Å²) in [6, 6.07) is 6.07. The van der Waals surface area contributed by atoms with Crippen molar-refractivity contribution in [3.05, 3.63) is 40.4 Å². The summed E-state index contributed by atoms with van der Waals surface area (Å²) >= 11 is 10.1. The number of allylic oxidation sites excluding steroid dienone is 1. The molecule has 0 nitrogen and oxygen atoms in total. The van der Waals surface area contributed by atoms with Crippen molar-refractivity contribution in [1.29, 1.82) is 0 Å². The summed E-state index contributed by atoms with van der Waals surface area (Å²) in [7, 11) is 0. The second-order valence-corrected chi connectivity index (χ2v) is 3.78.